The Morgan fingerprint density at radius 2 is 1.82 bits per heavy atom. The first-order valence-electron chi connectivity index (χ1n) is 10.4. The number of anilines is 1. The molecule has 0 bridgehead atoms. The molecule has 1 amide bonds. The van der Waals surface area contributed by atoms with Crippen molar-refractivity contribution in [2.45, 2.75) is 13.1 Å². The summed E-state index contributed by atoms with van der Waals surface area (Å²) in [5.74, 6) is 0.483. The fourth-order valence-corrected chi connectivity index (χ4v) is 4.62. The van der Waals surface area contributed by atoms with Crippen molar-refractivity contribution in [1.29, 1.82) is 0 Å². The highest BCUT2D eigenvalue weighted by Crippen LogP contribution is 2.32. The zero-order valence-electron chi connectivity index (χ0n) is 17.8. The average molecular weight is 457 g/mol. The van der Waals surface area contributed by atoms with E-state index in [1.165, 1.54) is 22.2 Å². The number of para-hydroxylation sites is 1. The maximum atomic E-state index is 13.5. The number of methoxy groups -OCH3 is 1. The van der Waals surface area contributed by atoms with Gasteiger partial charge in [-0.3, -0.25) is 19.1 Å². The Hall–Kier alpha value is -4.04. The zero-order chi connectivity index (χ0) is 22.8. The SMILES string of the molecule is COc1ccc2nc(N(Cc3ccccc3)C(=O)Cn3cnc4ccccc4c3=O)sc2c1. The van der Waals surface area contributed by atoms with Crippen LogP contribution in [0.15, 0.2) is 83.9 Å². The van der Waals surface area contributed by atoms with Crippen LogP contribution in [0.2, 0.25) is 0 Å². The van der Waals surface area contributed by atoms with Gasteiger partial charge in [-0.25, -0.2) is 9.97 Å². The van der Waals surface area contributed by atoms with E-state index in [9.17, 15) is 9.59 Å². The minimum atomic E-state index is -0.248. The number of amides is 1. The summed E-state index contributed by atoms with van der Waals surface area (Å²) in [6, 6.07) is 22.4. The second-order valence-electron chi connectivity index (χ2n) is 7.49. The summed E-state index contributed by atoms with van der Waals surface area (Å²) in [6.45, 7) is 0.204. The second-order valence-corrected chi connectivity index (χ2v) is 8.50. The number of hydrogen-bond acceptors (Lipinski definition) is 6. The molecule has 0 aliphatic heterocycles. The molecule has 3 aromatic carbocycles. The Balaban J connectivity index is 1.52. The van der Waals surface area contributed by atoms with Crippen LogP contribution >= 0.6 is 11.3 Å². The molecule has 0 N–H and O–H groups in total. The molecule has 0 spiro atoms. The number of carbonyl (C=O) groups is 1. The van der Waals surface area contributed by atoms with Crippen LogP contribution in [0, 0.1) is 0 Å². The Morgan fingerprint density at radius 3 is 2.64 bits per heavy atom. The van der Waals surface area contributed by atoms with E-state index in [0.29, 0.717) is 22.6 Å². The highest BCUT2D eigenvalue weighted by Gasteiger charge is 2.21. The first-order valence-corrected chi connectivity index (χ1v) is 11.2. The smallest absolute Gasteiger partial charge is 0.261 e. The fourth-order valence-electron chi connectivity index (χ4n) is 3.61. The van der Waals surface area contributed by atoms with Gasteiger partial charge in [0.2, 0.25) is 5.91 Å². The summed E-state index contributed by atoms with van der Waals surface area (Å²) >= 11 is 1.41. The van der Waals surface area contributed by atoms with E-state index in [1.54, 1.807) is 30.2 Å². The van der Waals surface area contributed by atoms with Gasteiger partial charge in [-0.2, -0.15) is 0 Å². The molecule has 5 aromatic rings. The highest BCUT2D eigenvalue weighted by atomic mass is 32.1. The molecule has 2 aromatic heterocycles. The largest absolute Gasteiger partial charge is 0.497 e. The monoisotopic (exact) mass is 456 g/mol. The lowest BCUT2D eigenvalue weighted by Crippen LogP contribution is -2.36. The zero-order valence-corrected chi connectivity index (χ0v) is 18.7. The predicted molar refractivity (Wildman–Crippen MR) is 130 cm³/mol. The van der Waals surface area contributed by atoms with E-state index in [4.69, 9.17) is 4.74 Å². The molecule has 5 rings (SSSR count). The fraction of sp³-hybridized carbons (Fsp3) is 0.120. The van der Waals surface area contributed by atoms with Crippen molar-refractivity contribution in [3.05, 3.63) is 95.0 Å². The Labute approximate surface area is 193 Å². The van der Waals surface area contributed by atoms with Crippen LogP contribution in [-0.2, 0) is 17.9 Å². The van der Waals surface area contributed by atoms with Gasteiger partial charge in [0, 0.05) is 0 Å². The van der Waals surface area contributed by atoms with Crippen LogP contribution in [0.25, 0.3) is 21.1 Å². The quantitative estimate of drug-likeness (QED) is 0.382. The van der Waals surface area contributed by atoms with Crippen LogP contribution in [0.3, 0.4) is 0 Å². The normalized spacial score (nSPS) is 11.1. The van der Waals surface area contributed by atoms with Crippen LogP contribution in [0.5, 0.6) is 5.75 Å². The van der Waals surface area contributed by atoms with E-state index >= 15 is 0 Å². The van der Waals surface area contributed by atoms with Crippen molar-refractivity contribution in [1.82, 2.24) is 14.5 Å². The third-order valence-electron chi connectivity index (χ3n) is 5.34. The molecule has 2 heterocycles. The van der Waals surface area contributed by atoms with Crippen molar-refractivity contribution in [2.75, 3.05) is 12.0 Å². The number of ether oxygens (including phenoxy) is 1. The molecule has 0 fully saturated rings. The van der Waals surface area contributed by atoms with Crippen LogP contribution in [0.1, 0.15) is 5.56 Å². The minimum Gasteiger partial charge on any atom is -0.497 e. The second kappa shape index (κ2) is 8.84. The number of rotatable bonds is 6. The molecule has 0 atom stereocenters. The van der Waals surface area contributed by atoms with Gasteiger partial charge in [0.1, 0.15) is 12.3 Å². The molecular weight excluding hydrogens is 436 g/mol. The summed E-state index contributed by atoms with van der Waals surface area (Å²) < 4.78 is 7.58. The van der Waals surface area contributed by atoms with Gasteiger partial charge in [0.05, 0.1) is 41.1 Å². The van der Waals surface area contributed by atoms with E-state index in [1.807, 2.05) is 54.6 Å². The van der Waals surface area contributed by atoms with Crippen molar-refractivity contribution >= 4 is 43.5 Å². The number of hydrogen-bond donors (Lipinski definition) is 0. The molecule has 0 saturated carbocycles. The summed E-state index contributed by atoms with van der Waals surface area (Å²) in [6.07, 6.45) is 1.42. The lowest BCUT2D eigenvalue weighted by molar-refractivity contribution is -0.119. The first-order chi connectivity index (χ1) is 16.1. The average Bonchev–Trinajstić information content (AvgIpc) is 3.28. The molecule has 8 heteroatoms. The summed E-state index contributed by atoms with van der Waals surface area (Å²) in [4.78, 5) is 37.0. The number of benzene rings is 3. The lowest BCUT2D eigenvalue weighted by atomic mass is 10.2. The van der Waals surface area contributed by atoms with E-state index in [0.717, 1.165) is 21.5 Å². The molecule has 0 radical (unpaired) electrons. The maximum Gasteiger partial charge on any atom is 0.261 e. The Kier molecular flexibility index (Phi) is 5.58. The molecule has 164 valence electrons. The van der Waals surface area contributed by atoms with Gasteiger partial charge in [0.15, 0.2) is 5.13 Å². The van der Waals surface area contributed by atoms with Gasteiger partial charge in [-0.05, 0) is 35.9 Å². The van der Waals surface area contributed by atoms with Crippen molar-refractivity contribution in [3.63, 3.8) is 0 Å². The number of aromatic nitrogens is 3. The highest BCUT2D eigenvalue weighted by molar-refractivity contribution is 7.22. The van der Waals surface area contributed by atoms with E-state index in [2.05, 4.69) is 9.97 Å². The Bertz CT molecular complexity index is 1510. The van der Waals surface area contributed by atoms with E-state index < -0.39 is 0 Å². The number of nitrogens with zero attached hydrogens (tertiary/aromatic N) is 4. The summed E-state index contributed by atoms with van der Waals surface area (Å²) in [5.41, 5.74) is 2.10. The number of fused-ring (bicyclic) bond motifs is 2. The minimum absolute atomic E-state index is 0.136. The van der Waals surface area contributed by atoms with Gasteiger partial charge >= 0.3 is 0 Å². The molecule has 33 heavy (non-hydrogen) atoms. The lowest BCUT2D eigenvalue weighted by Gasteiger charge is -2.20. The topological polar surface area (TPSA) is 77.3 Å². The van der Waals surface area contributed by atoms with Crippen molar-refractivity contribution < 1.29 is 9.53 Å². The molecular formula is C25H20N4O3S. The molecule has 0 saturated heterocycles. The van der Waals surface area contributed by atoms with Crippen LogP contribution in [-0.4, -0.2) is 27.6 Å². The molecule has 0 unspecified atom stereocenters. The first kappa shape index (κ1) is 20.8. The van der Waals surface area contributed by atoms with Gasteiger partial charge < -0.3 is 4.74 Å². The van der Waals surface area contributed by atoms with Crippen LogP contribution < -0.4 is 15.2 Å². The Morgan fingerprint density at radius 1 is 1.03 bits per heavy atom. The number of carbonyl (C=O) groups excluding carboxylic acids is 1. The van der Waals surface area contributed by atoms with Crippen LogP contribution in [0.4, 0.5) is 5.13 Å². The van der Waals surface area contributed by atoms with E-state index in [-0.39, 0.29) is 18.0 Å². The van der Waals surface area contributed by atoms with Crippen molar-refractivity contribution in [3.8, 4) is 5.75 Å². The van der Waals surface area contributed by atoms with Gasteiger partial charge in [0.25, 0.3) is 5.56 Å². The molecule has 0 aliphatic carbocycles. The molecule has 7 nitrogen and oxygen atoms in total. The standard InChI is InChI=1S/C25H20N4O3S/c1-32-18-11-12-21-22(13-18)33-25(27-21)29(14-17-7-3-2-4-8-17)23(30)15-28-16-26-20-10-6-5-9-19(20)24(28)31/h2-13,16H,14-15H2,1H3. The van der Waals surface area contributed by atoms with Crippen molar-refractivity contribution in [2.24, 2.45) is 0 Å². The predicted octanol–water partition coefficient (Wildman–Crippen LogP) is 4.25. The number of thiazole rings is 1. The summed E-state index contributed by atoms with van der Waals surface area (Å²) in [7, 11) is 1.61. The van der Waals surface area contributed by atoms with Gasteiger partial charge in [-0.15, -0.1) is 0 Å². The molecule has 0 aliphatic rings. The third kappa shape index (κ3) is 4.20. The maximum absolute atomic E-state index is 13.5. The third-order valence-corrected chi connectivity index (χ3v) is 6.38. The summed E-state index contributed by atoms with van der Waals surface area (Å²) in [5, 5.41) is 1.04. The van der Waals surface area contributed by atoms with Gasteiger partial charge in [-0.1, -0.05) is 53.8 Å².